The zero-order valence-electron chi connectivity index (χ0n) is 12.7. The fourth-order valence-corrected chi connectivity index (χ4v) is 2.66. The highest BCUT2D eigenvalue weighted by molar-refractivity contribution is 6.17. The highest BCUT2D eigenvalue weighted by atomic mass is 16.5. The van der Waals surface area contributed by atoms with E-state index in [1.807, 2.05) is 49.5 Å². The smallest absolute Gasteiger partial charge is 0.337 e. The quantitative estimate of drug-likeness (QED) is 0.800. The number of nitrogens with zero attached hydrogens (tertiary/aromatic N) is 2. The van der Waals surface area contributed by atoms with Crippen LogP contribution in [0.2, 0.25) is 0 Å². The molecule has 2 aromatic rings. The van der Waals surface area contributed by atoms with Crippen LogP contribution in [0.5, 0.6) is 0 Å². The molecule has 0 aliphatic carbocycles. The van der Waals surface area contributed by atoms with E-state index in [0.717, 1.165) is 35.6 Å². The normalized spacial score (nSPS) is 13.9. The largest absolute Gasteiger partial charge is 0.465 e. The molecule has 0 radical (unpaired) electrons. The lowest BCUT2D eigenvalue weighted by Crippen LogP contribution is -2.20. The maximum atomic E-state index is 11.8. The molecule has 0 saturated heterocycles. The monoisotopic (exact) mass is 294 g/mol. The minimum absolute atomic E-state index is 0.331. The van der Waals surface area contributed by atoms with Crippen molar-refractivity contribution in [1.82, 2.24) is 0 Å². The van der Waals surface area contributed by atoms with Crippen molar-refractivity contribution in [2.24, 2.45) is 4.99 Å². The van der Waals surface area contributed by atoms with E-state index in [4.69, 9.17) is 9.73 Å². The van der Waals surface area contributed by atoms with Crippen LogP contribution in [0.4, 0.5) is 5.69 Å². The maximum Gasteiger partial charge on any atom is 0.337 e. The summed E-state index contributed by atoms with van der Waals surface area (Å²) in [4.78, 5) is 18.7. The summed E-state index contributed by atoms with van der Waals surface area (Å²) < 4.78 is 4.83. The fourth-order valence-electron chi connectivity index (χ4n) is 2.66. The summed E-state index contributed by atoms with van der Waals surface area (Å²) in [6.07, 6.45) is 0. The number of fused-ring (bicyclic) bond motifs is 1. The minimum atomic E-state index is -0.331. The van der Waals surface area contributed by atoms with Crippen LogP contribution in [0.25, 0.3) is 0 Å². The van der Waals surface area contributed by atoms with Gasteiger partial charge in [0.1, 0.15) is 0 Å². The Morgan fingerprint density at radius 3 is 2.68 bits per heavy atom. The van der Waals surface area contributed by atoms with E-state index >= 15 is 0 Å². The Kier molecular flexibility index (Phi) is 3.92. The van der Waals surface area contributed by atoms with E-state index in [1.165, 1.54) is 7.11 Å². The number of anilines is 1. The predicted molar refractivity (Wildman–Crippen MR) is 88.0 cm³/mol. The third-order valence-corrected chi connectivity index (χ3v) is 3.84. The number of rotatable bonds is 2. The summed E-state index contributed by atoms with van der Waals surface area (Å²) in [6, 6.07) is 15.7. The molecule has 0 aromatic heterocycles. The Morgan fingerprint density at radius 2 is 1.95 bits per heavy atom. The molecule has 3 rings (SSSR count). The third kappa shape index (κ3) is 2.60. The summed E-state index contributed by atoms with van der Waals surface area (Å²) in [5.41, 5.74) is 4.56. The van der Waals surface area contributed by atoms with Gasteiger partial charge in [-0.3, -0.25) is 4.99 Å². The second-order valence-electron chi connectivity index (χ2n) is 5.24. The van der Waals surface area contributed by atoms with E-state index in [0.29, 0.717) is 5.56 Å². The minimum Gasteiger partial charge on any atom is -0.465 e. The van der Waals surface area contributed by atoms with Gasteiger partial charge in [0.15, 0.2) is 0 Å². The number of likely N-dealkylation sites (N-methyl/N-ethyl adjacent to an activating group) is 1. The molecule has 0 fully saturated rings. The van der Waals surface area contributed by atoms with Gasteiger partial charge in [0.25, 0.3) is 0 Å². The van der Waals surface area contributed by atoms with E-state index < -0.39 is 0 Å². The molecule has 4 heteroatoms. The number of carbonyl (C=O) groups excluding carboxylic acids is 1. The molecule has 0 bridgehead atoms. The van der Waals surface area contributed by atoms with Crippen LogP contribution in [0.3, 0.4) is 0 Å². The number of aliphatic imine (C=N–C) groups is 1. The molecular formula is C18H18N2O2. The lowest BCUT2D eigenvalue weighted by atomic mass is 9.98. The second kappa shape index (κ2) is 6.02. The molecule has 4 nitrogen and oxygen atoms in total. The Bertz CT molecular complexity index is 723. The summed E-state index contributed by atoms with van der Waals surface area (Å²) in [5, 5.41) is 0. The number of ether oxygens (including phenoxy) is 1. The predicted octanol–water partition coefficient (Wildman–Crippen LogP) is 2.76. The molecule has 22 heavy (non-hydrogen) atoms. The molecule has 0 amide bonds. The summed E-state index contributed by atoms with van der Waals surface area (Å²) >= 11 is 0. The summed E-state index contributed by atoms with van der Waals surface area (Å²) in [5.74, 6) is -0.331. The van der Waals surface area contributed by atoms with Gasteiger partial charge in [-0.2, -0.15) is 0 Å². The number of methoxy groups -OCH3 is 1. The van der Waals surface area contributed by atoms with E-state index in [2.05, 4.69) is 4.90 Å². The van der Waals surface area contributed by atoms with Gasteiger partial charge < -0.3 is 9.64 Å². The van der Waals surface area contributed by atoms with E-state index in [9.17, 15) is 4.79 Å². The molecule has 0 saturated carbocycles. The van der Waals surface area contributed by atoms with Crippen LogP contribution in [0.1, 0.15) is 21.5 Å². The van der Waals surface area contributed by atoms with Gasteiger partial charge in [-0.15, -0.1) is 0 Å². The van der Waals surface area contributed by atoms with Gasteiger partial charge >= 0.3 is 5.97 Å². The van der Waals surface area contributed by atoms with Crippen molar-refractivity contribution in [3.05, 3.63) is 65.2 Å². The average molecular weight is 294 g/mol. The average Bonchev–Trinajstić information content (AvgIpc) is 2.73. The number of benzodiazepines with no additional fused rings is 1. The Labute approximate surface area is 130 Å². The maximum absolute atomic E-state index is 11.8. The highest BCUT2D eigenvalue weighted by Gasteiger charge is 2.19. The molecule has 0 N–H and O–H groups in total. The molecule has 0 atom stereocenters. The van der Waals surface area contributed by atoms with Gasteiger partial charge in [0.05, 0.1) is 24.9 Å². The molecular weight excluding hydrogens is 276 g/mol. The number of hydrogen-bond acceptors (Lipinski definition) is 4. The van der Waals surface area contributed by atoms with Crippen molar-refractivity contribution in [2.75, 3.05) is 32.1 Å². The van der Waals surface area contributed by atoms with E-state index in [-0.39, 0.29) is 5.97 Å². The highest BCUT2D eigenvalue weighted by Crippen LogP contribution is 2.27. The lowest BCUT2D eigenvalue weighted by molar-refractivity contribution is 0.0600. The van der Waals surface area contributed by atoms with Gasteiger partial charge in [-0.25, -0.2) is 4.79 Å². The first-order valence-electron chi connectivity index (χ1n) is 7.24. The van der Waals surface area contributed by atoms with Crippen LogP contribution in [-0.4, -0.2) is 38.9 Å². The molecule has 1 aliphatic heterocycles. The lowest BCUT2D eigenvalue weighted by Gasteiger charge is -2.20. The van der Waals surface area contributed by atoms with Crippen molar-refractivity contribution < 1.29 is 9.53 Å². The van der Waals surface area contributed by atoms with Gasteiger partial charge in [-0.05, 0) is 18.2 Å². The van der Waals surface area contributed by atoms with Crippen molar-refractivity contribution in [2.45, 2.75) is 0 Å². The van der Waals surface area contributed by atoms with Crippen LogP contribution in [0.15, 0.2) is 53.5 Å². The zero-order chi connectivity index (χ0) is 15.5. The molecule has 0 spiro atoms. The molecule has 0 unspecified atom stereocenters. The number of hydrogen-bond donors (Lipinski definition) is 0. The van der Waals surface area contributed by atoms with Crippen LogP contribution >= 0.6 is 0 Å². The second-order valence-corrected chi connectivity index (χ2v) is 5.24. The molecule has 2 aromatic carbocycles. The molecule has 112 valence electrons. The van der Waals surface area contributed by atoms with Gasteiger partial charge in [-0.1, -0.05) is 30.3 Å². The first-order chi connectivity index (χ1) is 10.7. The summed E-state index contributed by atoms with van der Waals surface area (Å²) in [7, 11) is 3.44. The van der Waals surface area contributed by atoms with Crippen LogP contribution in [-0.2, 0) is 4.74 Å². The van der Waals surface area contributed by atoms with E-state index in [1.54, 1.807) is 6.07 Å². The van der Waals surface area contributed by atoms with Crippen molar-refractivity contribution in [3.63, 3.8) is 0 Å². The summed E-state index contributed by atoms with van der Waals surface area (Å²) in [6.45, 7) is 1.57. The molecule has 1 aliphatic rings. The van der Waals surface area contributed by atoms with Crippen LogP contribution < -0.4 is 4.90 Å². The molecule has 1 heterocycles. The van der Waals surface area contributed by atoms with Gasteiger partial charge in [0.2, 0.25) is 0 Å². The number of esters is 1. The standard InChI is InChI=1S/C18H18N2O2/c1-20-11-10-19-17(13-6-4-3-5-7-13)15-12-14(18(21)22-2)8-9-16(15)20/h3-9,12H,10-11H2,1-2H3. The van der Waals surface area contributed by atoms with Crippen molar-refractivity contribution >= 4 is 17.4 Å². The van der Waals surface area contributed by atoms with Gasteiger partial charge in [0, 0.05) is 30.4 Å². The Hall–Kier alpha value is -2.62. The SMILES string of the molecule is COC(=O)c1ccc2c(c1)C(c1ccccc1)=NCCN2C. The first-order valence-corrected chi connectivity index (χ1v) is 7.24. The van der Waals surface area contributed by atoms with Crippen LogP contribution in [0, 0.1) is 0 Å². The third-order valence-electron chi connectivity index (χ3n) is 3.84. The number of benzene rings is 2. The first kappa shape index (κ1) is 14.3. The topological polar surface area (TPSA) is 41.9 Å². The Balaban J connectivity index is 2.16. The fraction of sp³-hybridized carbons (Fsp3) is 0.222. The zero-order valence-corrected chi connectivity index (χ0v) is 12.7. The number of carbonyl (C=O) groups is 1. The van der Waals surface area contributed by atoms with Crippen molar-refractivity contribution in [3.8, 4) is 0 Å². The Morgan fingerprint density at radius 1 is 1.18 bits per heavy atom. The van der Waals surface area contributed by atoms with Crippen molar-refractivity contribution in [1.29, 1.82) is 0 Å².